The van der Waals surface area contributed by atoms with Gasteiger partial charge in [-0.05, 0) is 42.9 Å². The predicted octanol–water partition coefficient (Wildman–Crippen LogP) is 2.00. The van der Waals surface area contributed by atoms with Crippen LogP contribution < -0.4 is 0 Å². The lowest BCUT2D eigenvalue weighted by Gasteiger charge is -2.26. The highest BCUT2D eigenvalue weighted by Gasteiger charge is 2.39. The maximum Gasteiger partial charge on any atom is 0.318 e. The van der Waals surface area contributed by atoms with Gasteiger partial charge in [-0.25, -0.2) is 16.8 Å². The summed E-state index contributed by atoms with van der Waals surface area (Å²) in [6.07, 6.45) is 5.89. The molecule has 0 aromatic heterocycles. The minimum atomic E-state index is -4.09. The van der Waals surface area contributed by atoms with Gasteiger partial charge in [0, 0.05) is 6.04 Å². The maximum absolute atomic E-state index is 13.0. The summed E-state index contributed by atoms with van der Waals surface area (Å²) in [7, 11) is -7.43. The number of aliphatic carboxylic acids is 1. The summed E-state index contributed by atoms with van der Waals surface area (Å²) in [4.78, 5) is 11.2. The van der Waals surface area contributed by atoms with Crippen LogP contribution in [0.2, 0.25) is 0 Å². The van der Waals surface area contributed by atoms with Crippen LogP contribution >= 0.6 is 0 Å². The minimum Gasteiger partial charge on any atom is -0.480 e. The first-order valence-corrected chi connectivity index (χ1v) is 12.5. The van der Waals surface area contributed by atoms with E-state index in [4.69, 9.17) is 5.11 Å². The van der Waals surface area contributed by atoms with Crippen LogP contribution in [0.3, 0.4) is 0 Å². The van der Waals surface area contributed by atoms with Gasteiger partial charge in [-0.1, -0.05) is 31.4 Å². The third-order valence-corrected chi connectivity index (χ3v) is 9.13. The predicted molar refractivity (Wildman–Crippen MR) is 101 cm³/mol. The van der Waals surface area contributed by atoms with E-state index >= 15 is 0 Å². The molecule has 9 heteroatoms. The topological polar surface area (TPSA) is 109 Å². The Hall–Kier alpha value is -1.45. The first-order valence-electron chi connectivity index (χ1n) is 9.23. The molecule has 2 aliphatic rings. The number of benzene rings is 1. The van der Waals surface area contributed by atoms with E-state index in [1.807, 2.05) is 0 Å². The van der Waals surface area contributed by atoms with Crippen LogP contribution in [0.25, 0.3) is 0 Å². The Bertz CT molecular complexity index is 886. The van der Waals surface area contributed by atoms with Crippen molar-refractivity contribution < 1.29 is 26.7 Å². The van der Waals surface area contributed by atoms with Crippen LogP contribution in [0.5, 0.6) is 0 Å². The third-order valence-electron chi connectivity index (χ3n) is 5.47. The summed E-state index contributed by atoms with van der Waals surface area (Å²) in [5.74, 6) is -1.32. The number of carbonyl (C=O) groups is 1. The molecule has 1 saturated carbocycles. The van der Waals surface area contributed by atoms with E-state index in [0.29, 0.717) is 5.92 Å². The van der Waals surface area contributed by atoms with Crippen molar-refractivity contribution in [3.63, 3.8) is 0 Å². The minimum absolute atomic E-state index is 0.00704. The molecule has 1 aromatic carbocycles. The largest absolute Gasteiger partial charge is 0.480 e. The molecule has 1 N–H and O–H groups in total. The van der Waals surface area contributed by atoms with Gasteiger partial charge in [0.05, 0.1) is 16.4 Å². The van der Waals surface area contributed by atoms with Crippen molar-refractivity contribution in [2.24, 2.45) is 0 Å². The Labute approximate surface area is 160 Å². The number of carboxylic acid groups (broad SMARTS) is 1. The van der Waals surface area contributed by atoms with Gasteiger partial charge >= 0.3 is 5.97 Å². The molecule has 1 aliphatic carbocycles. The van der Waals surface area contributed by atoms with Gasteiger partial charge in [0.1, 0.15) is 6.54 Å². The Morgan fingerprint density at radius 2 is 1.70 bits per heavy atom. The average Bonchev–Trinajstić information content (AvgIpc) is 3.00. The van der Waals surface area contributed by atoms with E-state index in [2.05, 4.69) is 0 Å². The molecule has 3 rings (SSSR count). The fourth-order valence-corrected chi connectivity index (χ4v) is 7.46. The van der Waals surface area contributed by atoms with Gasteiger partial charge in [-0.15, -0.1) is 0 Å². The molecule has 0 spiro atoms. The molecule has 7 nitrogen and oxygen atoms in total. The van der Waals surface area contributed by atoms with Crippen molar-refractivity contribution in [1.82, 2.24) is 4.31 Å². The molecule has 150 valence electrons. The van der Waals surface area contributed by atoms with Crippen LogP contribution in [-0.4, -0.2) is 56.3 Å². The van der Waals surface area contributed by atoms with Crippen LogP contribution in [0.1, 0.15) is 50.0 Å². The molecule has 1 aromatic rings. The second-order valence-corrected chi connectivity index (χ2v) is 11.5. The Kier molecular flexibility index (Phi) is 5.93. The highest BCUT2D eigenvalue weighted by Crippen LogP contribution is 2.33. The standard InChI is InChI=1S/C18H25NO6S2/c20-18(21)12-19(16-10-11-26(22,23)13-16)27(24,25)17-8-6-15(7-9-17)14-4-2-1-3-5-14/h6-9,14,16H,1-5,10-13H2,(H,20,21)/t16-/m0/s1. The summed E-state index contributed by atoms with van der Waals surface area (Å²) in [6.45, 7) is -0.743. The van der Waals surface area contributed by atoms with Crippen molar-refractivity contribution in [2.45, 2.75) is 55.4 Å². The van der Waals surface area contributed by atoms with Crippen molar-refractivity contribution in [1.29, 1.82) is 0 Å². The Balaban J connectivity index is 1.86. The number of sulfone groups is 1. The van der Waals surface area contributed by atoms with Crippen molar-refractivity contribution in [2.75, 3.05) is 18.1 Å². The molecule has 1 saturated heterocycles. The lowest BCUT2D eigenvalue weighted by molar-refractivity contribution is -0.137. The van der Waals surface area contributed by atoms with Crippen molar-refractivity contribution >= 4 is 25.8 Å². The van der Waals surface area contributed by atoms with Gasteiger partial charge in [-0.3, -0.25) is 4.79 Å². The first kappa shape index (κ1) is 20.3. The van der Waals surface area contributed by atoms with E-state index in [1.54, 1.807) is 12.1 Å². The summed E-state index contributed by atoms with van der Waals surface area (Å²) in [5.41, 5.74) is 1.10. The molecule has 27 heavy (non-hydrogen) atoms. The Morgan fingerprint density at radius 3 is 2.22 bits per heavy atom. The fourth-order valence-electron chi connectivity index (χ4n) is 4.03. The van der Waals surface area contributed by atoms with Crippen LogP contribution in [-0.2, 0) is 24.7 Å². The highest BCUT2D eigenvalue weighted by molar-refractivity contribution is 7.92. The van der Waals surface area contributed by atoms with Crippen LogP contribution in [0.4, 0.5) is 0 Å². The average molecular weight is 416 g/mol. The number of rotatable bonds is 6. The van der Waals surface area contributed by atoms with E-state index in [9.17, 15) is 21.6 Å². The molecule has 0 radical (unpaired) electrons. The van der Waals surface area contributed by atoms with Crippen LogP contribution in [0, 0.1) is 0 Å². The number of hydrogen-bond acceptors (Lipinski definition) is 5. The number of sulfonamides is 1. The molecule has 1 aliphatic heterocycles. The number of carboxylic acids is 1. The molecule has 0 unspecified atom stereocenters. The molecule has 2 fully saturated rings. The monoisotopic (exact) mass is 415 g/mol. The first-order chi connectivity index (χ1) is 12.7. The highest BCUT2D eigenvalue weighted by atomic mass is 32.2. The summed E-state index contributed by atoms with van der Waals surface area (Å²) < 4.78 is 50.4. The zero-order chi connectivity index (χ0) is 19.7. The summed E-state index contributed by atoms with van der Waals surface area (Å²) in [6, 6.07) is 5.78. The summed E-state index contributed by atoms with van der Waals surface area (Å²) >= 11 is 0. The van der Waals surface area contributed by atoms with E-state index in [-0.39, 0.29) is 22.8 Å². The van der Waals surface area contributed by atoms with Crippen molar-refractivity contribution in [3.8, 4) is 0 Å². The molecular weight excluding hydrogens is 390 g/mol. The lowest BCUT2D eigenvalue weighted by Crippen LogP contribution is -2.44. The smallest absolute Gasteiger partial charge is 0.318 e. The van der Waals surface area contributed by atoms with Gasteiger partial charge in [0.25, 0.3) is 0 Å². The van der Waals surface area contributed by atoms with Gasteiger partial charge in [0.2, 0.25) is 10.0 Å². The second-order valence-electron chi connectivity index (χ2n) is 7.40. The summed E-state index contributed by atoms with van der Waals surface area (Å²) in [5, 5.41) is 9.14. The molecule has 1 atom stereocenters. The quantitative estimate of drug-likeness (QED) is 0.761. The normalized spacial score (nSPS) is 23.5. The lowest BCUT2D eigenvalue weighted by atomic mass is 9.84. The second kappa shape index (κ2) is 7.89. The van der Waals surface area contributed by atoms with Gasteiger partial charge in [-0.2, -0.15) is 4.31 Å². The van der Waals surface area contributed by atoms with E-state index in [0.717, 1.165) is 22.7 Å². The van der Waals surface area contributed by atoms with Gasteiger partial charge in [0.15, 0.2) is 9.84 Å². The van der Waals surface area contributed by atoms with E-state index < -0.39 is 38.4 Å². The third kappa shape index (κ3) is 4.70. The zero-order valence-electron chi connectivity index (χ0n) is 15.1. The Morgan fingerprint density at radius 1 is 1.07 bits per heavy atom. The fraction of sp³-hybridized carbons (Fsp3) is 0.611. The molecule has 1 heterocycles. The maximum atomic E-state index is 13.0. The molecular formula is C18H25NO6S2. The van der Waals surface area contributed by atoms with E-state index in [1.165, 1.54) is 31.4 Å². The number of hydrogen-bond donors (Lipinski definition) is 1. The van der Waals surface area contributed by atoms with Crippen molar-refractivity contribution in [3.05, 3.63) is 29.8 Å². The molecule has 0 bridgehead atoms. The van der Waals surface area contributed by atoms with Crippen LogP contribution in [0.15, 0.2) is 29.2 Å². The zero-order valence-corrected chi connectivity index (χ0v) is 16.7. The molecule has 0 amide bonds. The van der Waals surface area contributed by atoms with Gasteiger partial charge < -0.3 is 5.11 Å². The SMILES string of the molecule is O=C(O)CN([C@H]1CCS(=O)(=O)C1)S(=O)(=O)c1ccc(C2CCCCC2)cc1. The number of nitrogens with zero attached hydrogens (tertiary/aromatic N) is 1.